The molecular formula is C32H26FN5O5S. The standard InChI is InChI=1S/C32H26FN5O5S/c1-34-31(39)29-25-16-23(21-11-14-26-24(15-21)32(40)38(36-35-26)18-19-7-5-4-6-8-19)27(37(2)44(3,41)42)17-28(25)43-30(29)20-9-12-22(33)13-10-20/h4-17H,18H2,1-3H3,(H,34,39). The minimum atomic E-state index is -3.75. The predicted octanol–water partition coefficient (Wildman–Crippen LogP) is 4.81. The zero-order chi connectivity index (χ0) is 31.2. The molecule has 12 heteroatoms. The van der Waals surface area contributed by atoms with Gasteiger partial charge in [0.15, 0.2) is 0 Å². The molecule has 0 atom stereocenters. The summed E-state index contributed by atoms with van der Waals surface area (Å²) < 4.78 is 47.7. The molecule has 0 spiro atoms. The van der Waals surface area contributed by atoms with E-state index in [1.54, 1.807) is 24.3 Å². The summed E-state index contributed by atoms with van der Waals surface area (Å²) >= 11 is 0. The molecule has 1 N–H and O–H groups in total. The average Bonchev–Trinajstić information content (AvgIpc) is 3.40. The van der Waals surface area contributed by atoms with Crippen molar-refractivity contribution in [2.75, 3.05) is 24.7 Å². The zero-order valence-corrected chi connectivity index (χ0v) is 24.7. The summed E-state index contributed by atoms with van der Waals surface area (Å²) in [6.07, 6.45) is 1.07. The maximum Gasteiger partial charge on any atom is 0.277 e. The first-order valence-corrected chi connectivity index (χ1v) is 15.3. The van der Waals surface area contributed by atoms with Crippen molar-refractivity contribution in [1.82, 2.24) is 20.3 Å². The molecule has 0 saturated heterocycles. The third-order valence-electron chi connectivity index (χ3n) is 7.41. The number of hydrogen-bond donors (Lipinski definition) is 1. The highest BCUT2D eigenvalue weighted by Gasteiger charge is 2.26. The van der Waals surface area contributed by atoms with E-state index >= 15 is 0 Å². The van der Waals surface area contributed by atoms with Crippen LogP contribution in [0.3, 0.4) is 0 Å². The first-order chi connectivity index (χ1) is 21.0. The molecule has 2 heterocycles. The number of carbonyl (C=O) groups excluding carboxylic acids is 1. The first kappa shape index (κ1) is 28.7. The highest BCUT2D eigenvalue weighted by molar-refractivity contribution is 7.92. The van der Waals surface area contributed by atoms with Gasteiger partial charge in [0, 0.05) is 36.7 Å². The molecule has 2 aromatic heterocycles. The number of sulfonamides is 1. The van der Waals surface area contributed by atoms with Crippen LogP contribution in [0.1, 0.15) is 15.9 Å². The Balaban J connectivity index is 1.60. The lowest BCUT2D eigenvalue weighted by atomic mass is 9.97. The highest BCUT2D eigenvalue weighted by Crippen LogP contribution is 2.41. The van der Waals surface area contributed by atoms with Gasteiger partial charge in [-0.15, -0.1) is 5.10 Å². The summed E-state index contributed by atoms with van der Waals surface area (Å²) in [6.45, 7) is 0.220. The van der Waals surface area contributed by atoms with E-state index in [0.29, 0.717) is 27.6 Å². The van der Waals surface area contributed by atoms with Crippen LogP contribution in [-0.2, 0) is 16.6 Å². The van der Waals surface area contributed by atoms with Crippen molar-refractivity contribution >= 4 is 43.5 Å². The largest absolute Gasteiger partial charge is 0.455 e. The Morgan fingerprint density at radius 3 is 2.36 bits per heavy atom. The van der Waals surface area contributed by atoms with E-state index in [2.05, 4.69) is 15.6 Å². The summed E-state index contributed by atoms with van der Waals surface area (Å²) in [5.74, 6) is -0.701. The van der Waals surface area contributed by atoms with Gasteiger partial charge in [0.05, 0.1) is 29.4 Å². The number of amides is 1. The van der Waals surface area contributed by atoms with Crippen LogP contribution < -0.4 is 15.2 Å². The van der Waals surface area contributed by atoms with E-state index in [-0.39, 0.29) is 40.1 Å². The van der Waals surface area contributed by atoms with Gasteiger partial charge in [-0.25, -0.2) is 17.5 Å². The quantitative estimate of drug-likeness (QED) is 0.274. The lowest BCUT2D eigenvalue weighted by Crippen LogP contribution is -2.25. The van der Waals surface area contributed by atoms with Gasteiger partial charge in [-0.05, 0) is 53.6 Å². The fraction of sp³-hybridized carbons (Fsp3) is 0.125. The summed E-state index contributed by atoms with van der Waals surface area (Å²) in [6, 6.07) is 23.1. The average molecular weight is 612 g/mol. The molecular weight excluding hydrogens is 585 g/mol. The number of nitrogens with one attached hydrogen (secondary N) is 1. The molecule has 0 aliphatic heterocycles. The van der Waals surface area contributed by atoms with Gasteiger partial charge in [0.2, 0.25) is 10.0 Å². The Kier molecular flexibility index (Phi) is 7.22. The van der Waals surface area contributed by atoms with E-state index in [1.165, 1.54) is 49.1 Å². The van der Waals surface area contributed by atoms with Crippen molar-refractivity contribution < 1.29 is 22.0 Å². The first-order valence-electron chi connectivity index (χ1n) is 13.5. The summed E-state index contributed by atoms with van der Waals surface area (Å²) in [5, 5.41) is 11.6. The number of hydrogen-bond acceptors (Lipinski definition) is 7. The highest BCUT2D eigenvalue weighted by atomic mass is 32.2. The molecule has 0 bridgehead atoms. The molecule has 222 valence electrons. The van der Waals surface area contributed by atoms with E-state index in [0.717, 1.165) is 16.1 Å². The fourth-order valence-corrected chi connectivity index (χ4v) is 5.57. The Morgan fingerprint density at radius 1 is 0.977 bits per heavy atom. The molecule has 1 amide bonds. The van der Waals surface area contributed by atoms with Gasteiger partial charge in [0.1, 0.15) is 22.7 Å². The van der Waals surface area contributed by atoms with E-state index in [9.17, 15) is 22.4 Å². The van der Waals surface area contributed by atoms with Crippen molar-refractivity contribution in [2.24, 2.45) is 0 Å². The molecule has 0 aliphatic rings. The number of aromatic nitrogens is 3. The lowest BCUT2D eigenvalue weighted by Gasteiger charge is -2.21. The lowest BCUT2D eigenvalue weighted by molar-refractivity contribution is 0.0964. The van der Waals surface area contributed by atoms with Crippen LogP contribution in [0.2, 0.25) is 0 Å². The molecule has 0 saturated carbocycles. The van der Waals surface area contributed by atoms with E-state index in [1.807, 2.05) is 30.3 Å². The Bertz CT molecular complexity index is 2230. The van der Waals surface area contributed by atoms with Crippen LogP contribution in [0.5, 0.6) is 0 Å². The molecule has 6 aromatic rings. The number of fused-ring (bicyclic) bond motifs is 2. The SMILES string of the molecule is CNC(=O)c1c(-c2ccc(F)cc2)oc2cc(N(C)S(C)(=O)=O)c(-c3ccc4nnn(Cc5ccccc5)c(=O)c4c3)cc12. The monoisotopic (exact) mass is 611 g/mol. The maximum atomic E-state index is 13.7. The number of carbonyl (C=O) groups is 1. The van der Waals surface area contributed by atoms with Crippen molar-refractivity contribution in [3.8, 4) is 22.5 Å². The second kappa shape index (κ2) is 11.0. The maximum absolute atomic E-state index is 13.7. The number of halogens is 1. The number of anilines is 1. The normalized spacial score (nSPS) is 11.6. The Labute approximate surface area is 251 Å². The van der Waals surface area contributed by atoms with Gasteiger partial charge in [-0.3, -0.25) is 13.9 Å². The number of nitrogens with zero attached hydrogens (tertiary/aromatic N) is 4. The minimum Gasteiger partial charge on any atom is -0.455 e. The smallest absolute Gasteiger partial charge is 0.277 e. The number of benzene rings is 4. The molecule has 44 heavy (non-hydrogen) atoms. The molecule has 4 aromatic carbocycles. The Hall–Kier alpha value is -5.36. The van der Waals surface area contributed by atoms with Gasteiger partial charge < -0.3 is 9.73 Å². The van der Waals surface area contributed by atoms with Crippen molar-refractivity contribution in [3.63, 3.8) is 0 Å². The van der Waals surface area contributed by atoms with Gasteiger partial charge in [0.25, 0.3) is 11.5 Å². The summed E-state index contributed by atoms with van der Waals surface area (Å²) in [4.78, 5) is 26.7. The van der Waals surface area contributed by atoms with Crippen molar-refractivity contribution in [1.29, 1.82) is 0 Å². The molecule has 10 nitrogen and oxygen atoms in total. The Morgan fingerprint density at radius 2 is 1.68 bits per heavy atom. The molecule has 0 fully saturated rings. The third-order valence-corrected chi connectivity index (χ3v) is 8.60. The van der Waals surface area contributed by atoms with E-state index in [4.69, 9.17) is 4.42 Å². The molecule has 6 rings (SSSR count). The summed E-state index contributed by atoms with van der Waals surface area (Å²) in [7, 11) is -0.861. The van der Waals surface area contributed by atoms with E-state index < -0.39 is 21.7 Å². The third kappa shape index (κ3) is 5.20. The van der Waals surface area contributed by atoms with Crippen molar-refractivity contribution in [3.05, 3.63) is 112 Å². The number of rotatable bonds is 7. The van der Waals surface area contributed by atoms with Crippen LogP contribution in [0.25, 0.3) is 44.3 Å². The second-order valence-electron chi connectivity index (χ2n) is 10.3. The summed E-state index contributed by atoms with van der Waals surface area (Å²) in [5.41, 5.74) is 2.97. The second-order valence-corrected chi connectivity index (χ2v) is 12.3. The molecule has 0 unspecified atom stereocenters. The van der Waals surface area contributed by atoms with Gasteiger partial charge in [-0.2, -0.15) is 0 Å². The van der Waals surface area contributed by atoms with Crippen LogP contribution in [-0.4, -0.2) is 49.7 Å². The van der Waals surface area contributed by atoms with Crippen LogP contribution in [0.4, 0.5) is 10.1 Å². The van der Waals surface area contributed by atoms with Crippen LogP contribution in [0.15, 0.2) is 94.1 Å². The predicted molar refractivity (Wildman–Crippen MR) is 167 cm³/mol. The fourth-order valence-electron chi connectivity index (χ4n) is 5.06. The van der Waals surface area contributed by atoms with Crippen LogP contribution in [0, 0.1) is 5.82 Å². The molecule has 0 aliphatic carbocycles. The zero-order valence-electron chi connectivity index (χ0n) is 23.9. The number of furan rings is 1. The topological polar surface area (TPSA) is 127 Å². The van der Waals surface area contributed by atoms with Gasteiger partial charge in [-0.1, -0.05) is 41.6 Å². The minimum absolute atomic E-state index is 0.195. The van der Waals surface area contributed by atoms with Crippen LogP contribution >= 0.6 is 0 Å². The molecule has 0 radical (unpaired) electrons. The van der Waals surface area contributed by atoms with Crippen molar-refractivity contribution in [2.45, 2.75) is 6.54 Å². The van der Waals surface area contributed by atoms with Gasteiger partial charge >= 0.3 is 0 Å².